The van der Waals surface area contributed by atoms with Gasteiger partial charge in [0.15, 0.2) is 0 Å². The fraction of sp³-hybridized carbons (Fsp3) is 0.833. The van der Waals surface area contributed by atoms with Gasteiger partial charge in [0.1, 0.15) is 0 Å². The molecule has 0 bridgehead atoms. The summed E-state index contributed by atoms with van der Waals surface area (Å²) in [6.07, 6.45) is 4.27. The Labute approximate surface area is 106 Å². The first-order valence-electron chi connectivity index (χ1n) is 6.65. The van der Waals surface area contributed by atoms with Crippen LogP contribution in [0.2, 0.25) is 0 Å². The second-order valence-electron chi connectivity index (χ2n) is 5.66. The molecule has 2 aliphatic rings. The minimum absolute atomic E-state index is 0.530. The summed E-state index contributed by atoms with van der Waals surface area (Å²) in [5.74, 6) is 0.627. The van der Waals surface area contributed by atoms with Crippen molar-refractivity contribution in [2.45, 2.75) is 50.8 Å². The first-order valence-corrected chi connectivity index (χ1v) is 6.65. The van der Waals surface area contributed by atoms with Crippen LogP contribution in [-0.2, 0) is 6.54 Å². The van der Waals surface area contributed by atoms with E-state index in [0.29, 0.717) is 31.0 Å². The van der Waals surface area contributed by atoms with Gasteiger partial charge in [-0.3, -0.25) is 0 Å². The van der Waals surface area contributed by atoms with Gasteiger partial charge in [-0.25, -0.2) is 0 Å². The summed E-state index contributed by atoms with van der Waals surface area (Å²) in [6, 6.07) is 1.17. The minimum Gasteiger partial charge on any atom is -0.407 e. The van der Waals surface area contributed by atoms with E-state index in [1.807, 2.05) is 11.8 Å². The van der Waals surface area contributed by atoms with Crippen LogP contribution >= 0.6 is 0 Å². The topological polar surface area (TPSA) is 74.4 Å². The van der Waals surface area contributed by atoms with Crippen LogP contribution in [0.1, 0.15) is 38.5 Å². The van der Waals surface area contributed by atoms with Crippen molar-refractivity contribution in [1.82, 2.24) is 15.5 Å². The molecule has 1 aliphatic carbocycles. The van der Waals surface area contributed by atoms with Gasteiger partial charge < -0.3 is 19.7 Å². The zero-order valence-corrected chi connectivity index (χ0v) is 10.7. The van der Waals surface area contributed by atoms with Crippen molar-refractivity contribution in [2.75, 3.05) is 18.0 Å². The molecular formula is C12H20N4O2. The number of aromatic nitrogens is 2. The molecule has 6 nitrogen and oxygen atoms in total. The Kier molecular flexibility index (Phi) is 2.99. The maximum absolute atomic E-state index is 10.1. The smallest absolute Gasteiger partial charge is 0.318 e. The maximum Gasteiger partial charge on any atom is 0.318 e. The molecule has 100 valence electrons. The quantitative estimate of drug-likeness (QED) is 0.820. The van der Waals surface area contributed by atoms with Gasteiger partial charge in [0.2, 0.25) is 5.89 Å². The molecule has 1 aliphatic heterocycles. The third-order valence-electron chi connectivity index (χ3n) is 3.52. The van der Waals surface area contributed by atoms with E-state index in [1.54, 1.807) is 0 Å². The normalized spacial score (nSPS) is 28.7. The van der Waals surface area contributed by atoms with E-state index >= 15 is 0 Å². The number of anilines is 1. The van der Waals surface area contributed by atoms with E-state index in [-0.39, 0.29) is 0 Å². The van der Waals surface area contributed by atoms with Gasteiger partial charge in [0.25, 0.3) is 0 Å². The van der Waals surface area contributed by atoms with Crippen molar-refractivity contribution in [3.63, 3.8) is 0 Å². The molecule has 1 atom stereocenters. The lowest BCUT2D eigenvalue weighted by Crippen LogP contribution is -2.46. The number of hydrogen-bond acceptors (Lipinski definition) is 6. The highest BCUT2D eigenvalue weighted by atomic mass is 16.4. The lowest BCUT2D eigenvalue weighted by Gasteiger charge is -2.35. The number of nitrogens with one attached hydrogen (secondary N) is 1. The van der Waals surface area contributed by atoms with Crippen molar-refractivity contribution in [1.29, 1.82) is 0 Å². The Balaban J connectivity index is 1.60. The van der Waals surface area contributed by atoms with Gasteiger partial charge in [-0.05, 0) is 32.6 Å². The molecule has 2 N–H and O–H groups in total. The van der Waals surface area contributed by atoms with Crippen LogP contribution in [0.3, 0.4) is 0 Å². The summed E-state index contributed by atoms with van der Waals surface area (Å²) in [7, 11) is 0. The minimum atomic E-state index is -0.654. The molecule has 0 spiro atoms. The summed E-state index contributed by atoms with van der Waals surface area (Å²) >= 11 is 0. The van der Waals surface area contributed by atoms with Gasteiger partial charge in [-0.1, -0.05) is 5.10 Å². The monoisotopic (exact) mass is 252 g/mol. The van der Waals surface area contributed by atoms with Crippen molar-refractivity contribution in [3.05, 3.63) is 5.89 Å². The Morgan fingerprint density at radius 1 is 1.50 bits per heavy atom. The highest BCUT2D eigenvalue weighted by Crippen LogP contribution is 2.25. The predicted molar refractivity (Wildman–Crippen MR) is 66.2 cm³/mol. The highest BCUT2D eigenvalue weighted by Gasteiger charge is 2.31. The zero-order chi connectivity index (χ0) is 12.6. The van der Waals surface area contributed by atoms with Crippen molar-refractivity contribution >= 4 is 6.01 Å². The zero-order valence-electron chi connectivity index (χ0n) is 10.7. The fourth-order valence-electron chi connectivity index (χ4n) is 2.35. The molecule has 18 heavy (non-hydrogen) atoms. The molecule has 2 fully saturated rings. The summed E-state index contributed by atoms with van der Waals surface area (Å²) in [4.78, 5) is 1.97. The van der Waals surface area contributed by atoms with Crippen molar-refractivity contribution in [2.24, 2.45) is 0 Å². The summed E-state index contributed by atoms with van der Waals surface area (Å²) < 4.78 is 5.62. The first-order chi connectivity index (χ1) is 8.62. The average Bonchev–Trinajstić information content (AvgIpc) is 3.02. The molecule has 0 amide bonds. The van der Waals surface area contributed by atoms with Crippen molar-refractivity contribution < 1.29 is 9.52 Å². The van der Waals surface area contributed by atoms with Crippen LogP contribution < -0.4 is 10.2 Å². The number of hydrogen-bond donors (Lipinski definition) is 2. The highest BCUT2D eigenvalue weighted by molar-refractivity contribution is 5.26. The van der Waals surface area contributed by atoms with Crippen molar-refractivity contribution in [3.8, 4) is 0 Å². The molecule has 6 heteroatoms. The van der Waals surface area contributed by atoms with Gasteiger partial charge in [-0.15, -0.1) is 5.10 Å². The number of β-amino-alcohol motifs (C(OH)–C–C–N with tert-alkyl or cyclic N) is 1. The molecule has 0 radical (unpaired) electrons. The van der Waals surface area contributed by atoms with Crippen LogP contribution in [0, 0.1) is 0 Å². The van der Waals surface area contributed by atoms with E-state index in [2.05, 4.69) is 15.5 Å². The Bertz CT molecular complexity index is 414. The molecule has 1 aromatic rings. The molecular weight excluding hydrogens is 232 g/mol. The van der Waals surface area contributed by atoms with Gasteiger partial charge in [-0.2, -0.15) is 0 Å². The molecule has 1 saturated heterocycles. The molecule has 0 aromatic carbocycles. The predicted octanol–water partition coefficient (Wildman–Crippen LogP) is 0.673. The van der Waals surface area contributed by atoms with Crippen LogP contribution in [0.4, 0.5) is 6.01 Å². The van der Waals surface area contributed by atoms with Crippen LogP contribution in [0.15, 0.2) is 4.42 Å². The van der Waals surface area contributed by atoms with E-state index < -0.39 is 5.60 Å². The van der Waals surface area contributed by atoms with Gasteiger partial charge in [0.05, 0.1) is 18.7 Å². The number of piperidine rings is 1. The maximum atomic E-state index is 10.1. The standard InChI is InChI=1S/C12H20N4O2/c1-12(17)5-2-6-16(8-12)11-15-14-10(18-11)7-13-9-3-4-9/h9,13,17H,2-8H2,1H3. The van der Waals surface area contributed by atoms with E-state index in [4.69, 9.17) is 4.42 Å². The first kappa shape index (κ1) is 11.9. The molecule has 1 aromatic heterocycles. The van der Waals surface area contributed by atoms with Crippen LogP contribution in [-0.4, -0.2) is 40.0 Å². The van der Waals surface area contributed by atoms with Crippen LogP contribution in [0.25, 0.3) is 0 Å². The SMILES string of the molecule is CC1(O)CCCN(c2nnc(CNC3CC3)o2)C1. The second kappa shape index (κ2) is 4.51. The number of rotatable bonds is 4. The Morgan fingerprint density at radius 2 is 2.33 bits per heavy atom. The van der Waals surface area contributed by atoms with E-state index in [1.165, 1.54) is 12.8 Å². The fourth-order valence-corrected chi connectivity index (χ4v) is 2.35. The third-order valence-corrected chi connectivity index (χ3v) is 3.52. The lowest BCUT2D eigenvalue weighted by molar-refractivity contribution is 0.0434. The lowest BCUT2D eigenvalue weighted by atomic mass is 9.96. The van der Waals surface area contributed by atoms with E-state index in [9.17, 15) is 5.11 Å². The third kappa shape index (κ3) is 2.81. The average molecular weight is 252 g/mol. The van der Waals surface area contributed by atoms with E-state index in [0.717, 1.165) is 19.4 Å². The Morgan fingerprint density at radius 3 is 3.06 bits per heavy atom. The second-order valence-corrected chi connectivity index (χ2v) is 5.66. The van der Waals surface area contributed by atoms with Gasteiger partial charge >= 0.3 is 6.01 Å². The summed E-state index contributed by atoms with van der Waals surface area (Å²) in [5, 5.41) is 21.5. The summed E-state index contributed by atoms with van der Waals surface area (Å²) in [6.45, 7) is 3.92. The number of nitrogens with zero attached hydrogens (tertiary/aromatic N) is 3. The molecule has 1 saturated carbocycles. The molecule has 3 rings (SSSR count). The van der Waals surface area contributed by atoms with Crippen LogP contribution in [0.5, 0.6) is 0 Å². The number of aliphatic hydroxyl groups is 1. The molecule has 1 unspecified atom stereocenters. The largest absolute Gasteiger partial charge is 0.407 e. The van der Waals surface area contributed by atoms with Gasteiger partial charge in [0, 0.05) is 12.6 Å². The summed E-state index contributed by atoms with van der Waals surface area (Å²) in [5.41, 5.74) is -0.654. The Hall–Kier alpha value is -1.14. The molecule has 2 heterocycles.